The molecule has 1 aromatic heterocycles. The number of nitrogens with zero attached hydrogens (tertiary/aromatic N) is 2. The van der Waals surface area contributed by atoms with Crippen LogP contribution in [-0.2, 0) is 9.47 Å². The van der Waals surface area contributed by atoms with Gasteiger partial charge in [-0.3, -0.25) is 0 Å². The molecule has 0 aliphatic heterocycles. The molecule has 0 amide bonds. The molecule has 2 aromatic carbocycles. The maximum Gasteiger partial charge on any atom is 0.357 e. The zero-order valence-corrected chi connectivity index (χ0v) is 18.4. The van der Waals surface area contributed by atoms with Crippen molar-refractivity contribution in [2.24, 2.45) is 0 Å². The first kappa shape index (κ1) is 20.5. The maximum absolute atomic E-state index is 14.2. The Labute approximate surface area is 181 Å². The van der Waals surface area contributed by atoms with E-state index in [-0.39, 0.29) is 17.0 Å². The molecule has 1 heterocycles. The standard InChI is InChI=1S/C19H13BrFIN2O4/c1-27-18(25)15-16(11-8-13(21)14(22)9-12(11)20)23-24(17(15)19(26)28-2)10-6-4-3-5-7-10/h3-9H,1-2H3. The summed E-state index contributed by atoms with van der Waals surface area (Å²) in [4.78, 5) is 25.1. The average molecular weight is 559 g/mol. The van der Waals surface area contributed by atoms with Crippen LogP contribution < -0.4 is 0 Å². The van der Waals surface area contributed by atoms with Crippen molar-refractivity contribution in [1.82, 2.24) is 9.78 Å². The van der Waals surface area contributed by atoms with Crippen molar-refractivity contribution < 1.29 is 23.5 Å². The molecule has 0 N–H and O–H groups in total. The summed E-state index contributed by atoms with van der Waals surface area (Å²) in [6.45, 7) is 0. The van der Waals surface area contributed by atoms with Crippen molar-refractivity contribution in [2.45, 2.75) is 0 Å². The number of para-hydroxylation sites is 1. The minimum Gasteiger partial charge on any atom is -0.465 e. The molecular weight excluding hydrogens is 546 g/mol. The van der Waals surface area contributed by atoms with Gasteiger partial charge in [-0.2, -0.15) is 5.10 Å². The first-order chi connectivity index (χ1) is 13.4. The van der Waals surface area contributed by atoms with Gasteiger partial charge in [0, 0.05) is 13.6 Å². The Kier molecular flexibility index (Phi) is 6.14. The molecule has 28 heavy (non-hydrogen) atoms. The molecule has 144 valence electrons. The molecule has 0 spiro atoms. The molecule has 0 fully saturated rings. The molecule has 0 aliphatic rings. The Morgan fingerprint density at radius 1 is 1.11 bits per heavy atom. The van der Waals surface area contributed by atoms with Gasteiger partial charge in [0.2, 0.25) is 0 Å². The molecule has 0 radical (unpaired) electrons. The first-order valence-electron chi connectivity index (χ1n) is 7.89. The van der Waals surface area contributed by atoms with E-state index in [2.05, 4.69) is 21.0 Å². The van der Waals surface area contributed by atoms with Crippen molar-refractivity contribution in [3.05, 3.63) is 67.6 Å². The highest BCUT2D eigenvalue weighted by Gasteiger charge is 2.32. The number of benzene rings is 2. The van der Waals surface area contributed by atoms with Crippen LogP contribution >= 0.6 is 38.5 Å². The van der Waals surface area contributed by atoms with Gasteiger partial charge >= 0.3 is 11.9 Å². The van der Waals surface area contributed by atoms with Gasteiger partial charge in [0.25, 0.3) is 0 Å². The fraction of sp³-hybridized carbons (Fsp3) is 0.105. The average Bonchev–Trinajstić information content (AvgIpc) is 3.10. The number of ether oxygens (including phenoxy) is 2. The third-order valence-electron chi connectivity index (χ3n) is 3.92. The quantitative estimate of drug-likeness (QED) is 0.265. The van der Waals surface area contributed by atoms with Crippen LogP contribution in [0.1, 0.15) is 20.8 Å². The fourth-order valence-corrected chi connectivity index (χ4v) is 4.07. The number of hydrogen-bond acceptors (Lipinski definition) is 5. The van der Waals surface area contributed by atoms with E-state index in [0.29, 0.717) is 19.3 Å². The van der Waals surface area contributed by atoms with E-state index in [1.807, 2.05) is 22.6 Å². The van der Waals surface area contributed by atoms with Crippen molar-refractivity contribution in [2.75, 3.05) is 14.2 Å². The summed E-state index contributed by atoms with van der Waals surface area (Å²) in [5.74, 6) is -2.04. The van der Waals surface area contributed by atoms with Crippen molar-refractivity contribution in [3.63, 3.8) is 0 Å². The summed E-state index contributed by atoms with van der Waals surface area (Å²) in [6, 6.07) is 11.6. The van der Waals surface area contributed by atoms with Crippen LogP contribution in [0.5, 0.6) is 0 Å². The zero-order chi connectivity index (χ0) is 20.4. The molecule has 9 heteroatoms. The Balaban J connectivity index is 2.40. The second-order valence-corrected chi connectivity index (χ2v) is 7.57. The molecule has 0 saturated carbocycles. The lowest BCUT2D eigenvalue weighted by molar-refractivity contribution is 0.0549. The molecular formula is C19H13BrFIN2O4. The summed E-state index contributed by atoms with van der Waals surface area (Å²) in [6.07, 6.45) is 0. The summed E-state index contributed by atoms with van der Waals surface area (Å²) in [5.41, 5.74) is 0.707. The van der Waals surface area contributed by atoms with E-state index in [9.17, 15) is 14.0 Å². The molecule has 6 nitrogen and oxygen atoms in total. The number of carbonyl (C=O) groups is 2. The number of esters is 2. The fourth-order valence-electron chi connectivity index (χ4n) is 2.65. The molecule has 0 atom stereocenters. The SMILES string of the molecule is COC(=O)c1c(-c2cc(F)c(I)cc2Br)nn(-c2ccccc2)c1C(=O)OC. The summed E-state index contributed by atoms with van der Waals surface area (Å²) < 4.78 is 26.2. The van der Waals surface area contributed by atoms with Gasteiger partial charge in [-0.15, -0.1) is 0 Å². The minimum absolute atomic E-state index is 0.0956. The van der Waals surface area contributed by atoms with Crippen LogP contribution in [0.4, 0.5) is 4.39 Å². The number of carbonyl (C=O) groups excluding carboxylic acids is 2. The second kappa shape index (κ2) is 8.39. The van der Waals surface area contributed by atoms with Crippen LogP contribution in [0.25, 0.3) is 16.9 Å². The van der Waals surface area contributed by atoms with E-state index in [1.165, 1.54) is 25.0 Å². The molecule has 0 unspecified atom stereocenters. The summed E-state index contributed by atoms with van der Waals surface area (Å²) in [7, 11) is 2.39. The van der Waals surface area contributed by atoms with Crippen molar-refractivity contribution in [3.8, 4) is 16.9 Å². The topological polar surface area (TPSA) is 70.4 Å². The zero-order valence-electron chi connectivity index (χ0n) is 14.7. The summed E-state index contributed by atoms with van der Waals surface area (Å²) >= 11 is 5.24. The third-order valence-corrected chi connectivity index (χ3v) is 5.40. The van der Waals surface area contributed by atoms with Gasteiger partial charge in [-0.05, 0) is 46.9 Å². The first-order valence-corrected chi connectivity index (χ1v) is 9.76. The van der Waals surface area contributed by atoms with Gasteiger partial charge in [0.1, 0.15) is 17.1 Å². The van der Waals surface area contributed by atoms with E-state index in [1.54, 1.807) is 36.4 Å². The van der Waals surface area contributed by atoms with Crippen LogP contribution in [0.15, 0.2) is 46.9 Å². The van der Waals surface area contributed by atoms with Crippen LogP contribution in [-0.4, -0.2) is 35.9 Å². The van der Waals surface area contributed by atoms with Gasteiger partial charge in [-0.1, -0.05) is 34.1 Å². The molecule has 3 rings (SSSR count). The highest BCUT2D eigenvalue weighted by molar-refractivity contribution is 14.1. The van der Waals surface area contributed by atoms with Crippen molar-refractivity contribution in [1.29, 1.82) is 0 Å². The number of halogens is 3. The monoisotopic (exact) mass is 558 g/mol. The Morgan fingerprint density at radius 2 is 1.75 bits per heavy atom. The van der Waals surface area contributed by atoms with Gasteiger partial charge in [-0.25, -0.2) is 18.7 Å². The summed E-state index contributed by atoms with van der Waals surface area (Å²) in [5, 5.41) is 4.44. The van der Waals surface area contributed by atoms with E-state index >= 15 is 0 Å². The number of aromatic nitrogens is 2. The highest BCUT2D eigenvalue weighted by Crippen LogP contribution is 2.35. The number of rotatable bonds is 4. The highest BCUT2D eigenvalue weighted by atomic mass is 127. The predicted octanol–water partition coefficient (Wildman–Crippen LogP) is 4.62. The third kappa shape index (κ3) is 3.68. The second-order valence-electron chi connectivity index (χ2n) is 5.55. The number of hydrogen-bond donors (Lipinski definition) is 0. The Bertz CT molecular complexity index is 1070. The van der Waals surface area contributed by atoms with Gasteiger partial charge in [0.05, 0.1) is 19.9 Å². The van der Waals surface area contributed by atoms with Crippen LogP contribution in [0.2, 0.25) is 0 Å². The van der Waals surface area contributed by atoms with E-state index in [4.69, 9.17) is 9.47 Å². The lowest BCUT2D eigenvalue weighted by atomic mass is 10.1. The van der Waals surface area contributed by atoms with Crippen molar-refractivity contribution >= 4 is 50.5 Å². The van der Waals surface area contributed by atoms with Gasteiger partial charge < -0.3 is 9.47 Å². The Morgan fingerprint density at radius 3 is 2.36 bits per heavy atom. The lowest BCUT2D eigenvalue weighted by Crippen LogP contribution is -2.15. The number of methoxy groups -OCH3 is 2. The minimum atomic E-state index is -0.788. The molecule has 0 saturated heterocycles. The smallest absolute Gasteiger partial charge is 0.357 e. The van der Waals surface area contributed by atoms with Gasteiger partial charge in [0.15, 0.2) is 5.69 Å². The normalized spacial score (nSPS) is 10.6. The van der Waals surface area contributed by atoms with Crippen LogP contribution in [0.3, 0.4) is 0 Å². The molecule has 0 bridgehead atoms. The van der Waals surface area contributed by atoms with E-state index < -0.39 is 17.8 Å². The lowest BCUT2D eigenvalue weighted by Gasteiger charge is -2.07. The maximum atomic E-state index is 14.2. The largest absolute Gasteiger partial charge is 0.465 e. The Hall–Kier alpha value is -2.27. The molecule has 3 aromatic rings. The van der Waals surface area contributed by atoms with E-state index in [0.717, 1.165) is 0 Å². The molecule has 0 aliphatic carbocycles. The predicted molar refractivity (Wildman–Crippen MR) is 112 cm³/mol. The van der Waals surface area contributed by atoms with Crippen LogP contribution in [0, 0.1) is 9.39 Å².